The molecule has 3 aliphatic rings. The molecule has 0 N–H and O–H groups in total. The van der Waals surface area contributed by atoms with Crippen LogP contribution in [-0.2, 0) is 19.1 Å². The van der Waals surface area contributed by atoms with Crippen LogP contribution in [0.5, 0.6) is 0 Å². The van der Waals surface area contributed by atoms with E-state index in [1.54, 1.807) is 0 Å². The predicted octanol–water partition coefficient (Wildman–Crippen LogP) is 2.85. The summed E-state index contributed by atoms with van der Waals surface area (Å²) in [5, 5.41) is 0. The van der Waals surface area contributed by atoms with E-state index >= 15 is 0 Å². The molecular weight excluding hydrogens is 342 g/mol. The zero-order chi connectivity index (χ0) is 18.0. The highest BCUT2D eigenvalue weighted by Crippen LogP contribution is 2.64. The van der Waals surface area contributed by atoms with Crippen LogP contribution in [0.15, 0.2) is 0 Å². The lowest BCUT2D eigenvalue weighted by Crippen LogP contribution is -2.68. The number of rotatable bonds is 6. The summed E-state index contributed by atoms with van der Waals surface area (Å²) in [6.07, 6.45) is 5.64. The molecule has 0 radical (unpaired) electrons. The maximum Gasteiger partial charge on any atom is 0.416 e. The monoisotopic (exact) mass is 369 g/mol. The lowest BCUT2D eigenvalue weighted by Gasteiger charge is -2.61. The topological polar surface area (TPSA) is 72.9 Å². The number of carbonyl (C=O) groups excluding carboxylic acids is 3. The predicted molar refractivity (Wildman–Crippen MR) is 94.1 cm³/mol. The van der Waals surface area contributed by atoms with Crippen LogP contribution in [0, 0.1) is 17.8 Å². The minimum Gasteiger partial charge on any atom is -0.469 e. The molecule has 140 valence electrons. The first-order valence-corrected chi connectivity index (χ1v) is 10.2. The number of unbranched alkanes of at least 4 members (excludes halogenated alkanes) is 1. The standard InChI is InChI=1S/C18H27NO5S/c1-3-4-11-25-18-8-6-5-7-12(18)13(16(21)23-2)14(18)15(20)19-9-10-24-17(19)22/h12-14H,3-11H2,1-2H3/t12-,13-,14-,18+/m1/s1. The molecule has 1 heterocycles. The maximum atomic E-state index is 13.2. The second-order valence-corrected chi connectivity index (χ2v) is 8.60. The molecule has 1 aliphatic heterocycles. The van der Waals surface area contributed by atoms with Gasteiger partial charge in [-0.25, -0.2) is 9.69 Å². The largest absolute Gasteiger partial charge is 0.469 e. The highest BCUT2D eigenvalue weighted by molar-refractivity contribution is 8.00. The van der Waals surface area contributed by atoms with E-state index < -0.39 is 17.9 Å². The normalized spacial score (nSPS) is 34.1. The maximum absolute atomic E-state index is 13.2. The van der Waals surface area contributed by atoms with Crippen molar-refractivity contribution in [3.63, 3.8) is 0 Å². The van der Waals surface area contributed by atoms with Gasteiger partial charge in [-0.15, -0.1) is 0 Å². The van der Waals surface area contributed by atoms with Gasteiger partial charge in [0.15, 0.2) is 0 Å². The summed E-state index contributed by atoms with van der Waals surface area (Å²) in [6.45, 7) is 2.67. The van der Waals surface area contributed by atoms with Crippen molar-refractivity contribution < 1.29 is 23.9 Å². The number of fused-ring (bicyclic) bond motifs is 1. The highest BCUT2D eigenvalue weighted by Gasteiger charge is 2.68. The van der Waals surface area contributed by atoms with Gasteiger partial charge in [0.2, 0.25) is 5.91 Å². The number of ether oxygens (including phenoxy) is 2. The summed E-state index contributed by atoms with van der Waals surface area (Å²) in [7, 11) is 1.38. The minimum absolute atomic E-state index is 0.170. The van der Waals surface area contributed by atoms with Crippen molar-refractivity contribution in [2.45, 2.75) is 50.2 Å². The second-order valence-electron chi connectivity index (χ2n) is 7.14. The molecule has 3 fully saturated rings. The van der Waals surface area contributed by atoms with Gasteiger partial charge in [0, 0.05) is 4.75 Å². The summed E-state index contributed by atoms with van der Waals surface area (Å²) < 4.78 is 9.72. The molecule has 2 aliphatic carbocycles. The van der Waals surface area contributed by atoms with E-state index in [1.807, 2.05) is 11.8 Å². The number of esters is 1. The molecule has 1 saturated heterocycles. The number of hydrogen-bond acceptors (Lipinski definition) is 6. The van der Waals surface area contributed by atoms with Gasteiger partial charge in [0.05, 0.1) is 25.5 Å². The summed E-state index contributed by atoms with van der Waals surface area (Å²) in [4.78, 5) is 38.7. The Hall–Kier alpha value is -1.24. The van der Waals surface area contributed by atoms with Gasteiger partial charge in [-0.3, -0.25) is 9.59 Å². The Morgan fingerprint density at radius 2 is 2.20 bits per heavy atom. The third-order valence-electron chi connectivity index (χ3n) is 5.91. The lowest BCUT2D eigenvalue weighted by molar-refractivity contribution is -0.171. The van der Waals surface area contributed by atoms with E-state index in [0.29, 0.717) is 0 Å². The molecule has 25 heavy (non-hydrogen) atoms. The fourth-order valence-corrected chi connectivity index (χ4v) is 6.73. The zero-order valence-corrected chi connectivity index (χ0v) is 15.8. The van der Waals surface area contributed by atoms with Crippen molar-refractivity contribution in [3.8, 4) is 0 Å². The number of methoxy groups -OCH3 is 1. The van der Waals surface area contributed by atoms with Crippen LogP contribution in [0.2, 0.25) is 0 Å². The second kappa shape index (κ2) is 7.56. The SMILES string of the molecule is CCCCS[C@@]12CCCC[C@@H]1[C@@H](C(=O)OC)[C@@H]2C(=O)N1CCOC1=O. The third kappa shape index (κ3) is 3.04. The third-order valence-corrected chi connectivity index (χ3v) is 7.71. The van der Waals surface area contributed by atoms with Gasteiger partial charge in [-0.1, -0.05) is 26.2 Å². The Morgan fingerprint density at radius 1 is 1.40 bits per heavy atom. The van der Waals surface area contributed by atoms with Gasteiger partial charge >= 0.3 is 12.1 Å². The van der Waals surface area contributed by atoms with Gasteiger partial charge in [0.1, 0.15) is 6.61 Å². The fraction of sp³-hybridized carbons (Fsp3) is 0.833. The van der Waals surface area contributed by atoms with Crippen LogP contribution < -0.4 is 0 Å². The summed E-state index contributed by atoms with van der Waals surface area (Å²) in [5.74, 6) is -0.319. The number of thioether (sulfide) groups is 1. The van der Waals surface area contributed by atoms with Crippen molar-refractivity contribution in [1.82, 2.24) is 4.90 Å². The van der Waals surface area contributed by atoms with E-state index in [0.717, 1.165) is 44.3 Å². The first-order valence-electron chi connectivity index (χ1n) is 9.26. The summed E-state index contributed by atoms with van der Waals surface area (Å²) in [5.41, 5.74) is 0. The lowest BCUT2D eigenvalue weighted by atomic mass is 9.50. The molecule has 0 bridgehead atoms. The highest BCUT2D eigenvalue weighted by atomic mass is 32.2. The Bertz CT molecular complexity index is 554. The molecule has 2 amide bonds. The van der Waals surface area contributed by atoms with Crippen LogP contribution in [0.4, 0.5) is 4.79 Å². The molecule has 2 saturated carbocycles. The van der Waals surface area contributed by atoms with Crippen molar-refractivity contribution in [2.24, 2.45) is 17.8 Å². The average Bonchev–Trinajstić information content (AvgIpc) is 3.03. The molecule has 0 spiro atoms. The summed E-state index contributed by atoms with van der Waals surface area (Å²) >= 11 is 1.84. The van der Waals surface area contributed by atoms with Crippen LogP contribution in [0.3, 0.4) is 0 Å². The van der Waals surface area contributed by atoms with Crippen molar-refractivity contribution >= 4 is 29.7 Å². The minimum atomic E-state index is -0.582. The molecule has 4 atom stereocenters. The fourth-order valence-electron chi connectivity index (χ4n) is 4.72. The Kier molecular flexibility index (Phi) is 5.61. The van der Waals surface area contributed by atoms with Gasteiger partial charge in [-0.2, -0.15) is 11.8 Å². The number of amides is 2. The number of cyclic esters (lactones) is 1. The van der Waals surface area contributed by atoms with E-state index in [9.17, 15) is 14.4 Å². The average molecular weight is 369 g/mol. The van der Waals surface area contributed by atoms with Gasteiger partial charge < -0.3 is 9.47 Å². The smallest absolute Gasteiger partial charge is 0.416 e. The van der Waals surface area contributed by atoms with Crippen LogP contribution in [-0.4, -0.2) is 53.6 Å². The summed E-state index contributed by atoms with van der Waals surface area (Å²) in [6, 6.07) is 0. The molecule has 0 aromatic carbocycles. The molecule has 0 aromatic heterocycles. The van der Waals surface area contributed by atoms with Crippen molar-refractivity contribution in [2.75, 3.05) is 26.0 Å². The molecule has 0 unspecified atom stereocenters. The molecular formula is C18H27NO5S. The first-order chi connectivity index (χ1) is 12.1. The molecule has 7 heteroatoms. The van der Waals surface area contributed by atoms with Crippen molar-refractivity contribution in [1.29, 1.82) is 0 Å². The Labute approximate surface area is 153 Å². The number of imide groups is 1. The molecule has 6 nitrogen and oxygen atoms in total. The van der Waals surface area contributed by atoms with E-state index in [4.69, 9.17) is 9.47 Å². The van der Waals surface area contributed by atoms with Crippen LogP contribution >= 0.6 is 11.8 Å². The number of nitrogens with zero attached hydrogens (tertiary/aromatic N) is 1. The number of carbonyl (C=O) groups is 3. The quantitative estimate of drug-likeness (QED) is 0.529. The Balaban J connectivity index is 1.88. The van der Waals surface area contributed by atoms with Crippen molar-refractivity contribution in [3.05, 3.63) is 0 Å². The number of hydrogen-bond donors (Lipinski definition) is 0. The Morgan fingerprint density at radius 3 is 2.84 bits per heavy atom. The van der Waals surface area contributed by atoms with Gasteiger partial charge in [0.25, 0.3) is 0 Å². The van der Waals surface area contributed by atoms with E-state index in [1.165, 1.54) is 12.0 Å². The van der Waals surface area contributed by atoms with Crippen LogP contribution in [0.25, 0.3) is 0 Å². The van der Waals surface area contributed by atoms with E-state index in [-0.39, 0.29) is 35.7 Å². The van der Waals surface area contributed by atoms with Crippen LogP contribution in [0.1, 0.15) is 45.4 Å². The first kappa shape index (κ1) is 18.5. The zero-order valence-electron chi connectivity index (χ0n) is 15.0. The molecule has 3 rings (SSSR count). The molecule has 0 aromatic rings. The van der Waals surface area contributed by atoms with Gasteiger partial charge in [-0.05, 0) is 30.9 Å². The van der Waals surface area contributed by atoms with E-state index in [2.05, 4.69) is 6.92 Å².